The molecule has 0 aliphatic carbocycles. The summed E-state index contributed by atoms with van der Waals surface area (Å²) in [5.74, 6) is 0.0226. The molecule has 3 nitrogen and oxygen atoms in total. The van der Waals surface area contributed by atoms with E-state index in [4.69, 9.17) is 5.73 Å². The lowest BCUT2D eigenvalue weighted by Crippen LogP contribution is -2.39. The molecule has 0 radical (unpaired) electrons. The van der Waals surface area contributed by atoms with Gasteiger partial charge in [-0.3, -0.25) is 4.79 Å². The first-order valence-corrected chi connectivity index (χ1v) is 9.00. The lowest BCUT2D eigenvalue weighted by Gasteiger charge is -2.25. The maximum absolute atomic E-state index is 12.7. The molecule has 0 saturated carbocycles. The number of benzene rings is 1. The molecule has 22 heavy (non-hydrogen) atoms. The number of rotatable bonds is 7. The van der Waals surface area contributed by atoms with Crippen molar-refractivity contribution in [3.63, 3.8) is 0 Å². The van der Waals surface area contributed by atoms with Crippen LogP contribution in [0.15, 0.2) is 46.3 Å². The molecule has 1 atom stereocenters. The van der Waals surface area contributed by atoms with Crippen LogP contribution in [-0.4, -0.2) is 30.4 Å². The summed E-state index contributed by atoms with van der Waals surface area (Å²) in [6.07, 6.45) is 0.855. The van der Waals surface area contributed by atoms with E-state index in [0.29, 0.717) is 19.6 Å². The van der Waals surface area contributed by atoms with Crippen LogP contribution in [0.2, 0.25) is 0 Å². The summed E-state index contributed by atoms with van der Waals surface area (Å²) >= 11 is 5.06. The van der Waals surface area contributed by atoms with Crippen LogP contribution in [0.25, 0.3) is 0 Å². The Hall–Kier alpha value is -1.17. The van der Waals surface area contributed by atoms with Crippen molar-refractivity contribution in [1.29, 1.82) is 0 Å². The average Bonchev–Trinajstić information content (AvgIpc) is 2.97. The molecular weight excluding hydrogens is 360 g/mol. The molecule has 0 aliphatic rings. The van der Waals surface area contributed by atoms with Gasteiger partial charge in [-0.2, -0.15) is 0 Å². The predicted molar refractivity (Wildman–Crippen MR) is 96.2 cm³/mol. The Morgan fingerprint density at radius 2 is 1.95 bits per heavy atom. The zero-order valence-corrected chi connectivity index (χ0v) is 15.1. The number of hydrogen-bond acceptors (Lipinski definition) is 3. The Labute approximate surface area is 144 Å². The third kappa shape index (κ3) is 4.66. The summed E-state index contributed by atoms with van der Waals surface area (Å²) in [5.41, 5.74) is 6.92. The molecule has 0 saturated heterocycles. The maximum Gasteiger partial charge on any atom is 0.230 e. The second-order valence-electron chi connectivity index (χ2n) is 5.21. The van der Waals surface area contributed by atoms with Crippen LogP contribution in [-0.2, 0) is 11.2 Å². The zero-order chi connectivity index (χ0) is 15.9. The van der Waals surface area contributed by atoms with Gasteiger partial charge in [0.1, 0.15) is 0 Å². The highest BCUT2D eigenvalue weighted by molar-refractivity contribution is 9.11. The third-order valence-corrected chi connectivity index (χ3v) is 5.42. The van der Waals surface area contributed by atoms with Crippen molar-refractivity contribution in [2.24, 2.45) is 5.73 Å². The summed E-state index contributed by atoms with van der Waals surface area (Å²) in [6, 6.07) is 14.2. The van der Waals surface area contributed by atoms with Crippen molar-refractivity contribution in [3.05, 3.63) is 56.7 Å². The van der Waals surface area contributed by atoms with E-state index in [1.807, 2.05) is 42.2 Å². The zero-order valence-electron chi connectivity index (χ0n) is 12.7. The van der Waals surface area contributed by atoms with Crippen LogP contribution in [0.1, 0.15) is 23.3 Å². The van der Waals surface area contributed by atoms with Crippen molar-refractivity contribution in [1.82, 2.24) is 4.90 Å². The molecule has 0 spiro atoms. The van der Waals surface area contributed by atoms with Gasteiger partial charge in [0.05, 0.1) is 9.70 Å². The van der Waals surface area contributed by atoms with Gasteiger partial charge in [-0.25, -0.2) is 0 Å². The van der Waals surface area contributed by atoms with E-state index in [-0.39, 0.29) is 11.8 Å². The minimum absolute atomic E-state index is 0.126. The molecule has 0 fully saturated rings. The fraction of sp³-hybridized carbons (Fsp3) is 0.353. The van der Waals surface area contributed by atoms with E-state index in [1.165, 1.54) is 5.56 Å². The topological polar surface area (TPSA) is 46.3 Å². The predicted octanol–water partition coefficient (Wildman–Crippen LogP) is 3.64. The van der Waals surface area contributed by atoms with E-state index in [0.717, 1.165) is 15.1 Å². The largest absolute Gasteiger partial charge is 0.341 e. The van der Waals surface area contributed by atoms with Crippen molar-refractivity contribution in [2.75, 3.05) is 19.6 Å². The number of nitrogens with zero attached hydrogens (tertiary/aromatic N) is 1. The van der Waals surface area contributed by atoms with E-state index in [2.05, 4.69) is 28.1 Å². The van der Waals surface area contributed by atoms with Gasteiger partial charge in [0.15, 0.2) is 0 Å². The van der Waals surface area contributed by atoms with Crippen LogP contribution in [0.4, 0.5) is 0 Å². The van der Waals surface area contributed by atoms with E-state index in [9.17, 15) is 4.79 Å². The number of carbonyl (C=O) groups is 1. The number of thiophene rings is 1. The summed E-state index contributed by atoms with van der Waals surface area (Å²) in [7, 11) is 0. The summed E-state index contributed by atoms with van der Waals surface area (Å²) < 4.78 is 1.05. The molecule has 0 bridgehead atoms. The van der Waals surface area contributed by atoms with E-state index in [1.54, 1.807) is 11.3 Å². The van der Waals surface area contributed by atoms with Gasteiger partial charge in [0.2, 0.25) is 5.91 Å². The molecule has 1 heterocycles. The Balaban J connectivity index is 2.01. The molecule has 2 aromatic rings. The molecule has 0 aliphatic heterocycles. The van der Waals surface area contributed by atoms with Crippen molar-refractivity contribution >= 4 is 33.2 Å². The first-order valence-electron chi connectivity index (χ1n) is 7.40. The normalized spacial score (nSPS) is 12.1. The molecule has 1 amide bonds. The van der Waals surface area contributed by atoms with Crippen molar-refractivity contribution in [3.8, 4) is 0 Å². The van der Waals surface area contributed by atoms with Crippen molar-refractivity contribution in [2.45, 2.75) is 19.3 Å². The Bertz CT molecular complexity index is 600. The number of nitrogens with two attached hydrogens (primary N) is 1. The van der Waals surface area contributed by atoms with Gasteiger partial charge in [-0.1, -0.05) is 30.3 Å². The number of amides is 1. The molecule has 2 N–H and O–H groups in total. The highest BCUT2D eigenvalue weighted by atomic mass is 79.9. The first kappa shape index (κ1) is 17.2. The van der Waals surface area contributed by atoms with E-state index < -0.39 is 0 Å². The van der Waals surface area contributed by atoms with Crippen molar-refractivity contribution < 1.29 is 4.79 Å². The Morgan fingerprint density at radius 1 is 1.23 bits per heavy atom. The Morgan fingerprint density at radius 3 is 2.55 bits per heavy atom. The third-order valence-electron chi connectivity index (χ3n) is 3.62. The van der Waals surface area contributed by atoms with Crippen LogP contribution in [0, 0.1) is 0 Å². The molecule has 1 aromatic carbocycles. The van der Waals surface area contributed by atoms with Gasteiger partial charge in [0, 0.05) is 24.5 Å². The number of carbonyl (C=O) groups excluding carboxylic acids is 1. The second-order valence-corrected chi connectivity index (χ2v) is 7.71. The van der Waals surface area contributed by atoms with Crippen LogP contribution in [0.3, 0.4) is 0 Å². The first-order chi connectivity index (χ1) is 10.6. The second kappa shape index (κ2) is 8.46. The monoisotopic (exact) mass is 380 g/mol. The maximum atomic E-state index is 12.7. The summed E-state index contributed by atoms with van der Waals surface area (Å²) in [6.45, 7) is 3.76. The Kier molecular flexibility index (Phi) is 6.61. The molecule has 1 unspecified atom stereocenters. The average molecular weight is 381 g/mol. The van der Waals surface area contributed by atoms with Gasteiger partial charge >= 0.3 is 0 Å². The van der Waals surface area contributed by atoms with Crippen LogP contribution >= 0.6 is 27.3 Å². The number of hydrogen-bond donors (Lipinski definition) is 1. The highest BCUT2D eigenvalue weighted by Gasteiger charge is 2.22. The fourth-order valence-corrected chi connectivity index (χ4v) is 3.82. The smallest absolute Gasteiger partial charge is 0.230 e. The minimum atomic E-state index is -0.126. The fourth-order valence-electron chi connectivity index (χ4n) is 2.35. The lowest BCUT2D eigenvalue weighted by atomic mass is 10.1. The lowest BCUT2D eigenvalue weighted by molar-refractivity contribution is -0.132. The molecular formula is C17H21BrN2OS. The molecule has 1 aromatic heterocycles. The highest BCUT2D eigenvalue weighted by Crippen LogP contribution is 2.29. The van der Waals surface area contributed by atoms with Gasteiger partial charge in [-0.15, -0.1) is 11.3 Å². The molecule has 5 heteroatoms. The van der Waals surface area contributed by atoms with E-state index >= 15 is 0 Å². The van der Waals surface area contributed by atoms with Gasteiger partial charge in [0.25, 0.3) is 0 Å². The van der Waals surface area contributed by atoms with Crippen LogP contribution in [0.5, 0.6) is 0 Å². The molecule has 118 valence electrons. The van der Waals surface area contributed by atoms with Gasteiger partial charge < -0.3 is 10.6 Å². The standard InChI is InChI=1S/C17H21BrN2OS/c1-13(15-7-8-16(18)22-15)17(21)20(12-10-19)11-9-14-5-3-2-4-6-14/h2-8,13H,9-12,19H2,1H3. The van der Waals surface area contributed by atoms with Crippen LogP contribution < -0.4 is 5.73 Å². The SMILES string of the molecule is CC(C(=O)N(CCN)CCc1ccccc1)c1ccc(Br)s1. The van der Waals surface area contributed by atoms with Gasteiger partial charge in [-0.05, 0) is 47.0 Å². The number of halogens is 1. The molecule has 2 rings (SSSR count). The summed E-state index contributed by atoms with van der Waals surface area (Å²) in [4.78, 5) is 15.7. The quantitative estimate of drug-likeness (QED) is 0.796. The summed E-state index contributed by atoms with van der Waals surface area (Å²) in [5, 5.41) is 0. The minimum Gasteiger partial charge on any atom is -0.341 e.